The highest BCUT2D eigenvalue weighted by molar-refractivity contribution is 6.38. The van der Waals surface area contributed by atoms with Crippen molar-refractivity contribution in [1.29, 1.82) is 0 Å². The average Bonchev–Trinajstić information content (AvgIpc) is 1.99. The molecule has 0 aliphatic heterocycles. The molecule has 3 nitrogen and oxygen atoms in total. The molecule has 0 bridgehead atoms. The molecule has 0 amide bonds. The number of halogens is 2. The van der Waals surface area contributed by atoms with Crippen LogP contribution in [0.15, 0.2) is 18.2 Å². The van der Waals surface area contributed by atoms with E-state index in [0.717, 1.165) is 0 Å². The average molecular weight is 248 g/mol. The molecule has 0 aliphatic carbocycles. The number of hydrogen-bond acceptors (Lipinski definition) is 1. The first kappa shape index (κ1) is 12.3. The van der Waals surface area contributed by atoms with Crippen LogP contribution >= 0.6 is 23.2 Å². The fourth-order valence-electron chi connectivity index (χ4n) is 1.04. The molecular weight excluding hydrogens is 235 g/mol. The van der Waals surface area contributed by atoms with E-state index in [4.69, 9.17) is 23.2 Å². The van der Waals surface area contributed by atoms with Crippen LogP contribution in [0, 0.1) is 4.91 Å². The third-order valence-corrected chi connectivity index (χ3v) is 2.19. The Labute approximate surface area is 98.9 Å². The highest BCUT2D eigenvalue weighted by atomic mass is 35.5. The van der Waals surface area contributed by atoms with Crippen LogP contribution in [0.1, 0.15) is 20.8 Å². The topological polar surface area (TPSA) is 32.1 Å². The fraction of sp³-hybridized carbons (Fsp3) is 0.400. The maximum Gasteiger partial charge on any atom is 0.328 e. The van der Waals surface area contributed by atoms with Crippen molar-refractivity contribution in [3.8, 4) is 0 Å². The standard InChI is InChI=1S/C10H13Cl2N2O/c1-10(2,3)13-14(15)9-7(11)5-4-6-8(9)12/h4-6H,1-3H3,(H,13,15)/q+1. The van der Waals surface area contributed by atoms with Crippen molar-refractivity contribution < 1.29 is 4.87 Å². The van der Waals surface area contributed by atoms with E-state index in [1.165, 1.54) is 0 Å². The second-order valence-corrected chi connectivity index (χ2v) is 5.04. The SMILES string of the molecule is CC(C)(C)N[N+](=O)c1c(Cl)cccc1Cl. The lowest BCUT2D eigenvalue weighted by Crippen LogP contribution is -2.40. The van der Waals surface area contributed by atoms with Crippen LogP contribution < -0.4 is 5.43 Å². The number of rotatable bonds is 2. The summed E-state index contributed by atoms with van der Waals surface area (Å²) in [4.78, 5) is 12.3. The van der Waals surface area contributed by atoms with Gasteiger partial charge in [0.2, 0.25) is 0 Å². The quantitative estimate of drug-likeness (QED) is 0.639. The third-order valence-electron chi connectivity index (χ3n) is 1.58. The summed E-state index contributed by atoms with van der Waals surface area (Å²) in [5.74, 6) is 0. The van der Waals surface area contributed by atoms with Gasteiger partial charge in [-0.15, -0.1) is 5.43 Å². The first-order valence-corrected chi connectivity index (χ1v) is 5.26. The molecule has 1 aromatic rings. The van der Waals surface area contributed by atoms with Crippen LogP contribution in [0.2, 0.25) is 10.0 Å². The summed E-state index contributed by atoms with van der Waals surface area (Å²) < 4.78 is 0. The minimum Gasteiger partial charge on any atom is -0.141 e. The summed E-state index contributed by atoms with van der Waals surface area (Å²) >= 11 is 11.8. The molecule has 1 aromatic carbocycles. The molecular formula is C10H13Cl2N2O+. The summed E-state index contributed by atoms with van der Waals surface area (Å²) in [6, 6.07) is 4.94. The molecule has 0 aromatic heterocycles. The Bertz CT molecular complexity index is 365. The number of hydrogen-bond donors (Lipinski definition) is 1. The third kappa shape index (κ3) is 3.36. The lowest BCUT2D eigenvalue weighted by molar-refractivity contribution is -0.541. The second-order valence-electron chi connectivity index (χ2n) is 4.23. The van der Waals surface area contributed by atoms with Crippen molar-refractivity contribution in [3.63, 3.8) is 0 Å². The van der Waals surface area contributed by atoms with Crippen molar-refractivity contribution in [3.05, 3.63) is 33.2 Å². The summed E-state index contributed by atoms with van der Waals surface area (Å²) in [6.45, 7) is 5.63. The molecule has 0 saturated heterocycles. The monoisotopic (exact) mass is 247 g/mol. The van der Waals surface area contributed by atoms with Gasteiger partial charge >= 0.3 is 5.69 Å². The first-order chi connectivity index (χ1) is 6.81. The lowest BCUT2D eigenvalue weighted by atomic mass is 10.1. The molecule has 15 heavy (non-hydrogen) atoms. The van der Waals surface area contributed by atoms with Gasteiger partial charge in [0.15, 0.2) is 4.87 Å². The van der Waals surface area contributed by atoms with E-state index in [1.807, 2.05) is 20.8 Å². The van der Waals surface area contributed by atoms with E-state index >= 15 is 0 Å². The van der Waals surface area contributed by atoms with Crippen LogP contribution in [-0.4, -0.2) is 10.4 Å². The highest BCUT2D eigenvalue weighted by Crippen LogP contribution is 2.31. The van der Waals surface area contributed by atoms with Crippen molar-refractivity contribution in [2.75, 3.05) is 0 Å². The van der Waals surface area contributed by atoms with E-state index in [9.17, 15) is 4.91 Å². The molecule has 0 atom stereocenters. The summed E-state index contributed by atoms with van der Waals surface area (Å²) in [5.41, 5.74) is 2.63. The Hall–Kier alpha value is -0.800. The fourth-order valence-corrected chi connectivity index (χ4v) is 1.59. The summed E-state index contributed by atoms with van der Waals surface area (Å²) in [7, 11) is 0. The Balaban J connectivity index is 3.02. The van der Waals surface area contributed by atoms with E-state index in [2.05, 4.69) is 5.43 Å². The Morgan fingerprint density at radius 1 is 1.20 bits per heavy atom. The highest BCUT2D eigenvalue weighted by Gasteiger charge is 2.27. The minimum atomic E-state index is -0.343. The van der Waals surface area contributed by atoms with Crippen LogP contribution in [-0.2, 0) is 0 Å². The number of benzene rings is 1. The lowest BCUT2D eigenvalue weighted by Gasteiger charge is -2.13. The largest absolute Gasteiger partial charge is 0.328 e. The summed E-state index contributed by atoms with van der Waals surface area (Å²) in [5, 5.41) is 0.656. The smallest absolute Gasteiger partial charge is 0.141 e. The van der Waals surface area contributed by atoms with Gasteiger partial charge in [-0.25, -0.2) is 0 Å². The normalized spacial score (nSPS) is 11.3. The zero-order chi connectivity index (χ0) is 11.6. The number of hydrazine groups is 1. The Kier molecular flexibility index (Phi) is 3.58. The molecule has 0 radical (unpaired) electrons. The Morgan fingerprint density at radius 2 is 1.67 bits per heavy atom. The molecule has 0 spiro atoms. The molecule has 0 heterocycles. The molecule has 82 valence electrons. The predicted octanol–water partition coefficient (Wildman–Crippen LogP) is 3.71. The predicted molar refractivity (Wildman–Crippen MR) is 62.6 cm³/mol. The zero-order valence-electron chi connectivity index (χ0n) is 8.84. The number of para-hydroxylation sites is 1. The zero-order valence-corrected chi connectivity index (χ0v) is 10.4. The van der Waals surface area contributed by atoms with Crippen LogP contribution in [0.5, 0.6) is 0 Å². The van der Waals surface area contributed by atoms with Gasteiger partial charge in [-0.2, -0.15) is 0 Å². The second kappa shape index (κ2) is 4.37. The van der Waals surface area contributed by atoms with Crippen molar-refractivity contribution >= 4 is 28.9 Å². The van der Waals surface area contributed by atoms with E-state index in [-0.39, 0.29) is 11.2 Å². The number of nitroso groups, excluding NO2 is 1. The molecule has 1 rings (SSSR count). The van der Waals surface area contributed by atoms with Crippen molar-refractivity contribution in [2.24, 2.45) is 0 Å². The van der Waals surface area contributed by atoms with Crippen molar-refractivity contribution in [1.82, 2.24) is 5.43 Å². The summed E-state index contributed by atoms with van der Waals surface area (Å²) in [6.07, 6.45) is 0. The van der Waals surface area contributed by atoms with E-state index in [0.29, 0.717) is 14.9 Å². The molecule has 0 saturated carbocycles. The Morgan fingerprint density at radius 3 is 2.07 bits per heavy atom. The maximum atomic E-state index is 11.7. The van der Waals surface area contributed by atoms with Gasteiger partial charge in [0.05, 0.1) is 10.4 Å². The molecule has 0 unspecified atom stereocenters. The molecule has 0 fully saturated rings. The van der Waals surface area contributed by atoms with Crippen LogP contribution in [0.3, 0.4) is 0 Å². The van der Waals surface area contributed by atoms with Gasteiger partial charge in [-0.3, -0.25) is 0 Å². The van der Waals surface area contributed by atoms with Gasteiger partial charge in [-0.05, 0) is 32.9 Å². The van der Waals surface area contributed by atoms with E-state index < -0.39 is 0 Å². The van der Waals surface area contributed by atoms with Gasteiger partial charge < -0.3 is 0 Å². The van der Waals surface area contributed by atoms with E-state index in [1.54, 1.807) is 18.2 Å². The number of nitrogens with zero attached hydrogens (tertiary/aromatic N) is 1. The van der Waals surface area contributed by atoms with Gasteiger partial charge in [0.1, 0.15) is 10.0 Å². The van der Waals surface area contributed by atoms with Gasteiger partial charge in [0, 0.05) is 0 Å². The first-order valence-electron chi connectivity index (χ1n) is 4.50. The number of nitrogens with one attached hydrogen (secondary N) is 1. The molecule has 1 N–H and O–H groups in total. The van der Waals surface area contributed by atoms with Crippen LogP contribution in [0.25, 0.3) is 0 Å². The van der Waals surface area contributed by atoms with Crippen molar-refractivity contribution in [2.45, 2.75) is 26.3 Å². The molecule has 5 heteroatoms. The van der Waals surface area contributed by atoms with Gasteiger partial charge in [-0.1, -0.05) is 29.3 Å². The maximum absolute atomic E-state index is 11.7. The molecule has 0 aliphatic rings. The minimum absolute atomic E-state index is 0.246. The van der Waals surface area contributed by atoms with Gasteiger partial charge in [0.25, 0.3) is 0 Å². The van der Waals surface area contributed by atoms with Crippen LogP contribution in [0.4, 0.5) is 5.69 Å².